The van der Waals surface area contributed by atoms with Crippen molar-refractivity contribution in [1.82, 2.24) is 0 Å². The van der Waals surface area contributed by atoms with Crippen molar-refractivity contribution in [2.45, 2.75) is 12.3 Å². The number of benzene rings is 4. The number of hydrogen-bond donors (Lipinski definition) is 0. The first kappa shape index (κ1) is 17.5. The topological polar surface area (TPSA) is 35.5 Å². The van der Waals surface area contributed by atoms with Gasteiger partial charge in [-0.3, -0.25) is 4.79 Å². The van der Waals surface area contributed by atoms with Crippen LogP contribution in [0.5, 0.6) is 11.5 Å². The molecular weight excluding hydrogens is 360 g/mol. The number of rotatable bonds is 3. The molecule has 0 fully saturated rings. The van der Waals surface area contributed by atoms with Gasteiger partial charge in [0.15, 0.2) is 0 Å². The van der Waals surface area contributed by atoms with Gasteiger partial charge in [0.05, 0.1) is 13.5 Å². The van der Waals surface area contributed by atoms with Gasteiger partial charge in [0.2, 0.25) is 0 Å². The van der Waals surface area contributed by atoms with E-state index in [9.17, 15) is 4.79 Å². The van der Waals surface area contributed by atoms with Crippen molar-refractivity contribution in [3.63, 3.8) is 0 Å². The molecule has 0 saturated heterocycles. The van der Waals surface area contributed by atoms with Crippen molar-refractivity contribution in [3.8, 4) is 22.6 Å². The minimum absolute atomic E-state index is 0.0641. The molecule has 1 aliphatic rings. The minimum atomic E-state index is -0.203. The van der Waals surface area contributed by atoms with Crippen molar-refractivity contribution in [3.05, 3.63) is 96.1 Å². The van der Waals surface area contributed by atoms with Crippen LogP contribution in [0.15, 0.2) is 84.9 Å². The number of carbonyl (C=O) groups is 1. The molecule has 3 nitrogen and oxygen atoms in total. The van der Waals surface area contributed by atoms with E-state index in [4.69, 9.17) is 9.47 Å². The predicted molar refractivity (Wildman–Crippen MR) is 114 cm³/mol. The van der Waals surface area contributed by atoms with E-state index in [0.717, 1.165) is 38.8 Å². The highest BCUT2D eigenvalue weighted by Gasteiger charge is 2.32. The molecule has 0 aromatic heterocycles. The lowest BCUT2D eigenvalue weighted by atomic mass is 9.81. The molecule has 1 aliphatic heterocycles. The van der Waals surface area contributed by atoms with Gasteiger partial charge in [-0.15, -0.1) is 0 Å². The predicted octanol–water partition coefficient (Wildman–Crippen LogP) is 5.96. The third kappa shape index (κ3) is 3.05. The van der Waals surface area contributed by atoms with E-state index in [-0.39, 0.29) is 11.9 Å². The van der Waals surface area contributed by atoms with Crippen LogP contribution in [0, 0.1) is 0 Å². The van der Waals surface area contributed by atoms with Gasteiger partial charge in [-0.25, -0.2) is 0 Å². The summed E-state index contributed by atoms with van der Waals surface area (Å²) in [6.07, 6.45) is 0.321. The van der Waals surface area contributed by atoms with Crippen LogP contribution in [-0.4, -0.2) is 13.1 Å². The molecule has 0 N–H and O–H groups in total. The van der Waals surface area contributed by atoms with Crippen molar-refractivity contribution < 1.29 is 14.3 Å². The quantitative estimate of drug-likeness (QED) is 0.325. The Morgan fingerprint density at radius 1 is 0.897 bits per heavy atom. The van der Waals surface area contributed by atoms with Gasteiger partial charge in [-0.05, 0) is 40.1 Å². The summed E-state index contributed by atoms with van der Waals surface area (Å²) in [5.74, 6) is 1.21. The number of carbonyl (C=O) groups excluding carboxylic acids is 1. The van der Waals surface area contributed by atoms with E-state index in [1.165, 1.54) is 0 Å². The summed E-state index contributed by atoms with van der Waals surface area (Å²) in [5.41, 5.74) is 4.15. The number of esters is 1. The maximum absolute atomic E-state index is 12.6. The van der Waals surface area contributed by atoms with Crippen LogP contribution in [-0.2, 0) is 4.79 Å². The molecule has 0 aliphatic carbocycles. The van der Waals surface area contributed by atoms with Crippen LogP contribution >= 0.6 is 0 Å². The minimum Gasteiger partial charge on any atom is -0.497 e. The monoisotopic (exact) mass is 380 g/mol. The highest BCUT2D eigenvalue weighted by atomic mass is 16.5. The van der Waals surface area contributed by atoms with Crippen molar-refractivity contribution in [1.29, 1.82) is 0 Å². The van der Waals surface area contributed by atoms with Gasteiger partial charge in [0.1, 0.15) is 11.5 Å². The van der Waals surface area contributed by atoms with E-state index < -0.39 is 0 Å². The zero-order valence-electron chi connectivity index (χ0n) is 16.1. The lowest BCUT2D eigenvalue weighted by Gasteiger charge is -2.28. The Labute approximate surface area is 169 Å². The molecule has 142 valence electrons. The molecule has 0 amide bonds. The molecule has 3 heteroatoms. The molecule has 29 heavy (non-hydrogen) atoms. The standard InChI is InChI=1S/C26H20O3/c1-28-20-13-11-18(12-14-20)22-16-24(27)29-26-23(17-7-3-2-4-8-17)15-19-9-5-6-10-21(19)25(22)26/h2-15,22H,16H2,1H3/t22-/m1/s1. The first-order valence-corrected chi connectivity index (χ1v) is 9.70. The van der Waals surface area contributed by atoms with E-state index >= 15 is 0 Å². The molecule has 0 unspecified atom stereocenters. The highest BCUT2D eigenvalue weighted by molar-refractivity contribution is 5.98. The number of ether oxygens (including phenoxy) is 2. The summed E-state index contributed by atoms with van der Waals surface area (Å²) in [6.45, 7) is 0. The Bertz CT molecular complexity index is 1190. The fourth-order valence-electron chi connectivity index (χ4n) is 4.19. The first-order chi connectivity index (χ1) is 14.2. The second kappa shape index (κ2) is 7.10. The second-order valence-corrected chi connectivity index (χ2v) is 7.26. The van der Waals surface area contributed by atoms with Gasteiger partial charge < -0.3 is 9.47 Å². The maximum Gasteiger partial charge on any atom is 0.312 e. The molecule has 4 aromatic carbocycles. The van der Waals surface area contributed by atoms with Crippen LogP contribution in [0.3, 0.4) is 0 Å². The van der Waals surface area contributed by atoms with E-state index in [2.05, 4.69) is 30.3 Å². The van der Waals surface area contributed by atoms with E-state index in [0.29, 0.717) is 12.2 Å². The second-order valence-electron chi connectivity index (χ2n) is 7.26. The fraction of sp³-hybridized carbons (Fsp3) is 0.115. The molecule has 1 heterocycles. The van der Waals surface area contributed by atoms with E-state index in [1.807, 2.05) is 54.6 Å². The Hall–Kier alpha value is -3.59. The smallest absolute Gasteiger partial charge is 0.312 e. The zero-order valence-corrected chi connectivity index (χ0v) is 16.1. The average molecular weight is 380 g/mol. The normalized spacial score (nSPS) is 15.6. The maximum atomic E-state index is 12.6. The molecule has 5 rings (SSSR count). The lowest BCUT2D eigenvalue weighted by molar-refractivity contribution is -0.135. The van der Waals surface area contributed by atoms with Crippen molar-refractivity contribution >= 4 is 16.7 Å². The lowest BCUT2D eigenvalue weighted by Crippen LogP contribution is -2.22. The highest BCUT2D eigenvalue weighted by Crippen LogP contribution is 2.48. The van der Waals surface area contributed by atoms with Crippen LogP contribution in [0.1, 0.15) is 23.5 Å². The van der Waals surface area contributed by atoms with Crippen LogP contribution in [0.25, 0.3) is 21.9 Å². The molecule has 1 atom stereocenters. The summed E-state index contributed by atoms with van der Waals surface area (Å²) in [6, 6.07) is 28.5. The molecule has 0 saturated carbocycles. The Morgan fingerprint density at radius 2 is 1.62 bits per heavy atom. The summed E-state index contributed by atoms with van der Waals surface area (Å²) in [4.78, 5) is 12.6. The van der Waals surface area contributed by atoms with Gasteiger partial charge in [0.25, 0.3) is 0 Å². The van der Waals surface area contributed by atoms with Crippen molar-refractivity contribution in [2.75, 3.05) is 7.11 Å². The fourth-order valence-corrected chi connectivity index (χ4v) is 4.19. The first-order valence-electron chi connectivity index (χ1n) is 9.70. The van der Waals surface area contributed by atoms with E-state index in [1.54, 1.807) is 7.11 Å². The Morgan fingerprint density at radius 3 is 2.38 bits per heavy atom. The molecule has 0 radical (unpaired) electrons. The zero-order chi connectivity index (χ0) is 19.8. The summed E-state index contributed by atoms with van der Waals surface area (Å²) in [7, 11) is 1.65. The van der Waals surface area contributed by atoms with Gasteiger partial charge in [0, 0.05) is 17.0 Å². The summed E-state index contributed by atoms with van der Waals surface area (Å²) < 4.78 is 11.2. The SMILES string of the molecule is COc1ccc([C@H]2CC(=O)Oc3c(-c4ccccc4)cc4ccccc4c32)cc1. The molecule has 4 aromatic rings. The Balaban J connectivity index is 1.79. The molecule has 0 spiro atoms. The third-order valence-corrected chi connectivity index (χ3v) is 5.58. The number of fused-ring (bicyclic) bond motifs is 3. The van der Waals surface area contributed by atoms with Crippen LogP contribution < -0.4 is 9.47 Å². The van der Waals surface area contributed by atoms with Gasteiger partial charge in [-0.1, -0.05) is 66.7 Å². The summed E-state index contributed by atoms with van der Waals surface area (Å²) >= 11 is 0. The Kier molecular flexibility index (Phi) is 4.28. The molecular formula is C26H20O3. The summed E-state index contributed by atoms with van der Waals surface area (Å²) in [5, 5.41) is 2.26. The van der Waals surface area contributed by atoms with Gasteiger partial charge in [-0.2, -0.15) is 0 Å². The van der Waals surface area contributed by atoms with Crippen molar-refractivity contribution in [2.24, 2.45) is 0 Å². The number of hydrogen-bond acceptors (Lipinski definition) is 3. The largest absolute Gasteiger partial charge is 0.497 e. The molecule has 0 bridgehead atoms. The number of methoxy groups -OCH3 is 1. The van der Waals surface area contributed by atoms with Crippen LogP contribution in [0.4, 0.5) is 0 Å². The van der Waals surface area contributed by atoms with Gasteiger partial charge >= 0.3 is 5.97 Å². The average Bonchev–Trinajstić information content (AvgIpc) is 2.78. The third-order valence-electron chi connectivity index (χ3n) is 5.58. The van der Waals surface area contributed by atoms with Crippen LogP contribution in [0.2, 0.25) is 0 Å².